The summed E-state index contributed by atoms with van der Waals surface area (Å²) in [5, 5.41) is 0.821. The summed E-state index contributed by atoms with van der Waals surface area (Å²) in [5.74, 6) is -0.00568. The van der Waals surface area contributed by atoms with Crippen molar-refractivity contribution in [3.63, 3.8) is 0 Å². The molecule has 0 aliphatic carbocycles. The molecule has 1 aromatic rings. The van der Waals surface area contributed by atoms with Crippen molar-refractivity contribution in [2.45, 2.75) is 78.5 Å². The number of ketones is 1. The Labute approximate surface area is 180 Å². The molecule has 1 amide bonds. The summed E-state index contributed by atoms with van der Waals surface area (Å²) in [6, 6.07) is 0.215. The van der Waals surface area contributed by atoms with Gasteiger partial charge in [-0.2, -0.15) is 0 Å². The minimum absolute atomic E-state index is 0.0898. The monoisotopic (exact) mass is 447 g/mol. The van der Waals surface area contributed by atoms with Gasteiger partial charge in [0.1, 0.15) is 5.00 Å². The van der Waals surface area contributed by atoms with Gasteiger partial charge in [-0.15, -0.1) is 11.3 Å². The standard InChI is InChI=1S/C19H33N3O3S3/c1-9-10-11-14-16(27-17(26-14)20-13(4)5)21-25-18(24)22(8)28-19(6,7)15(23)12(2)3/h12-13,21H,9-11H2,1-8H3. The number of unbranched alkanes of at least 4 members (excludes halogenated alkanes) is 1. The molecule has 0 radical (unpaired) electrons. The van der Waals surface area contributed by atoms with Crippen molar-refractivity contribution in [1.29, 1.82) is 0 Å². The van der Waals surface area contributed by atoms with E-state index in [1.807, 2.05) is 41.5 Å². The molecule has 0 atom stereocenters. The Balaban J connectivity index is 2.80. The molecule has 28 heavy (non-hydrogen) atoms. The molecule has 0 unspecified atom stereocenters. The average molecular weight is 448 g/mol. The van der Waals surface area contributed by atoms with Gasteiger partial charge in [0.25, 0.3) is 0 Å². The maximum absolute atomic E-state index is 12.4. The lowest BCUT2D eigenvalue weighted by Crippen LogP contribution is -2.37. The number of anilines is 1. The summed E-state index contributed by atoms with van der Waals surface area (Å²) in [6.45, 7) is 13.6. The van der Waals surface area contributed by atoms with Crippen molar-refractivity contribution in [2.75, 3.05) is 12.5 Å². The van der Waals surface area contributed by atoms with Crippen LogP contribution in [0.2, 0.25) is 0 Å². The number of amides is 1. The van der Waals surface area contributed by atoms with E-state index < -0.39 is 10.8 Å². The van der Waals surface area contributed by atoms with E-state index in [1.54, 1.807) is 18.4 Å². The second kappa shape index (κ2) is 11.2. The van der Waals surface area contributed by atoms with E-state index in [0.717, 1.165) is 33.1 Å². The summed E-state index contributed by atoms with van der Waals surface area (Å²) in [7, 11) is 1.61. The summed E-state index contributed by atoms with van der Waals surface area (Å²) < 4.78 is 1.61. The molecule has 1 N–H and O–H groups in total. The number of carbonyl (C=O) groups excluding carboxylic acids is 2. The predicted molar refractivity (Wildman–Crippen MR) is 121 cm³/mol. The molecule has 160 valence electrons. The Hall–Kier alpha value is -1.06. The lowest BCUT2D eigenvalue weighted by Gasteiger charge is -2.28. The molecular formula is C19H33N3O3S3. The van der Waals surface area contributed by atoms with E-state index in [-0.39, 0.29) is 17.7 Å². The summed E-state index contributed by atoms with van der Waals surface area (Å²) in [4.78, 5) is 35.7. The zero-order valence-corrected chi connectivity index (χ0v) is 20.6. The van der Waals surface area contributed by atoms with Crippen molar-refractivity contribution in [3.8, 4) is 0 Å². The number of aryl methyl sites for hydroxylation is 1. The Kier molecular flexibility index (Phi) is 10.00. The van der Waals surface area contributed by atoms with Gasteiger partial charge in [-0.05, 0) is 52.5 Å². The SMILES string of the molecule is CCCCc1sc(=NC(C)C)sc1NOC(=O)N(C)SC(C)(C)C(=O)C(C)C. The molecule has 0 spiro atoms. The van der Waals surface area contributed by atoms with Crippen molar-refractivity contribution in [1.82, 2.24) is 4.31 Å². The number of carbonyl (C=O) groups is 2. The van der Waals surface area contributed by atoms with Crippen LogP contribution in [-0.4, -0.2) is 34.0 Å². The zero-order chi connectivity index (χ0) is 21.5. The van der Waals surface area contributed by atoms with E-state index in [0.29, 0.717) is 0 Å². The molecule has 1 rings (SSSR count). The summed E-state index contributed by atoms with van der Waals surface area (Å²) >= 11 is 4.31. The van der Waals surface area contributed by atoms with Crippen molar-refractivity contribution >= 4 is 51.5 Å². The Morgan fingerprint density at radius 1 is 1.25 bits per heavy atom. The topological polar surface area (TPSA) is 71.0 Å². The van der Waals surface area contributed by atoms with Crippen LogP contribution < -0.4 is 9.46 Å². The number of hydrogen-bond acceptors (Lipinski definition) is 8. The van der Waals surface area contributed by atoms with E-state index in [1.165, 1.54) is 27.6 Å². The van der Waals surface area contributed by atoms with Gasteiger partial charge in [0, 0.05) is 23.9 Å². The third-order valence-corrected chi connectivity index (χ3v) is 7.20. The number of hydrogen-bond donors (Lipinski definition) is 1. The fourth-order valence-corrected chi connectivity index (χ4v) is 6.12. The van der Waals surface area contributed by atoms with Crippen LogP contribution in [0.3, 0.4) is 0 Å². The van der Waals surface area contributed by atoms with Gasteiger partial charge >= 0.3 is 6.09 Å². The van der Waals surface area contributed by atoms with Crippen LogP contribution >= 0.6 is 34.6 Å². The van der Waals surface area contributed by atoms with Gasteiger partial charge in [-0.1, -0.05) is 38.5 Å². The van der Waals surface area contributed by atoms with Crippen LogP contribution in [0, 0.1) is 5.92 Å². The van der Waals surface area contributed by atoms with Crippen LogP contribution in [0.15, 0.2) is 4.99 Å². The molecule has 9 heteroatoms. The second-order valence-electron chi connectivity index (χ2n) is 7.64. The normalized spacial score (nSPS) is 12.6. The highest BCUT2D eigenvalue weighted by atomic mass is 32.2. The van der Waals surface area contributed by atoms with Crippen LogP contribution in [0.5, 0.6) is 0 Å². The molecule has 6 nitrogen and oxygen atoms in total. The van der Waals surface area contributed by atoms with E-state index in [4.69, 9.17) is 4.84 Å². The summed E-state index contributed by atoms with van der Waals surface area (Å²) in [6.07, 6.45) is 2.54. The second-order valence-corrected chi connectivity index (χ2v) is 11.7. The maximum Gasteiger partial charge on any atom is 0.443 e. The van der Waals surface area contributed by atoms with Crippen LogP contribution in [0.4, 0.5) is 9.80 Å². The van der Waals surface area contributed by atoms with Gasteiger partial charge in [-0.3, -0.25) is 14.1 Å². The van der Waals surface area contributed by atoms with Crippen LogP contribution in [0.1, 0.15) is 66.2 Å². The van der Waals surface area contributed by atoms with Crippen LogP contribution in [0.25, 0.3) is 0 Å². The Morgan fingerprint density at radius 2 is 1.89 bits per heavy atom. The first kappa shape index (κ1) is 25.0. The molecule has 0 saturated heterocycles. The van der Waals surface area contributed by atoms with Crippen molar-refractivity contribution in [2.24, 2.45) is 10.9 Å². The smallest absolute Gasteiger partial charge is 0.323 e. The molecular weight excluding hydrogens is 414 g/mol. The molecule has 0 fully saturated rings. The molecule has 0 saturated carbocycles. The lowest BCUT2D eigenvalue weighted by molar-refractivity contribution is -0.123. The first-order valence-electron chi connectivity index (χ1n) is 9.58. The quantitative estimate of drug-likeness (QED) is 0.378. The largest absolute Gasteiger partial charge is 0.443 e. The molecule has 0 aliphatic heterocycles. The van der Waals surface area contributed by atoms with Gasteiger partial charge in [0.05, 0.1) is 4.75 Å². The van der Waals surface area contributed by atoms with E-state index in [9.17, 15) is 9.59 Å². The highest BCUT2D eigenvalue weighted by Gasteiger charge is 2.34. The van der Waals surface area contributed by atoms with Gasteiger partial charge in [0.2, 0.25) is 0 Å². The maximum atomic E-state index is 12.4. The fraction of sp³-hybridized carbons (Fsp3) is 0.737. The van der Waals surface area contributed by atoms with E-state index >= 15 is 0 Å². The first-order valence-corrected chi connectivity index (χ1v) is 12.0. The minimum atomic E-state index is -0.706. The molecule has 0 aromatic carbocycles. The highest BCUT2D eigenvalue weighted by molar-refractivity contribution is 7.99. The third kappa shape index (κ3) is 7.75. The number of nitrogens with zero attached hydrogens (tertiary/aromatic N) is 2. The predicted octanol–water partition coefficient (Wildman–Crippen LogP) is 5.51. The number of nitrogens with one attached hydrogen (secondary N) is 1. The minimum Gasteiger partial charge on any atom is -0.323 e. The zero-order valence-electron chi connectivity index (χ0n) is 18.1. The van der Waals surface area contributed by atoms with Crippen molar-refractivity contribution < 1.29 is 14.4 Å². The van der Waals surface area contributed by atoms with Gasteiger partial charge in [-0.25, -0.2) is 10.3 Å². The molecule has 0 aliphatic rings. The summed E-state index contributed by atoms with van der Waals surface area (Å²) in [5.41, 5.74) is 2.81. The van der Waals surface area contributed by atoms with Gasteiger partial charge in [0.15, 0.2) is 9.77 Å². The lowest BCUT2D eigenvalue weighted by atomic mass is 9.98. The van der Waals surface area contributed by atoms with E-state index in [2.05, 4.69) is 17.4 Å². The molecule has 1 heterocycles. The molecule has 0 bridgehead atoms. The number of Topliss-reactive ketones (excluding diaryl/α,β-unsaturated/α-hetero) is 1. The van der Waals surface area contributed by atoms with Crippen molar-refractivity contribution in [3.05, 3.63) is 8.86 Å². The highest BCUT2D eigenvalue weighted by Crippen LogP contribution is 2.31. The Bertz CT molecular complexity index is 723. The first-order chi connectivity index (χ1) is 13.0. The fourth-order valence-electron chi connectivity index (χ4n) is 2.43. The third-order valence-electron chi connectivity index (χ3n) is 3.75. The number of rotatable bonds is 10. The van der Waals surface area contributed by atoms with Gasteiger partial charge < -0.3 is 4.84 Å². The average Bonchev–Trinajstić information content (AvgIpc) is 2.97. The Morgan fingerprint density at radius 3 is 2.43 bits per heavy atom. The van der Waals surface area contributed by atoms with Crippen LogP contribution in [-0.2, 0) is 16.1 Å². The molecule has 1 aromatic heterocycles.